The Balaban J connectivity index is 2.43. The lowest BCUT2D eigenvalue weighted by Gasteiger charge is -2.37. The Labute approximate surface area is 122 Å². The summed E-state index contributed by atoms with van der Waals surface area (Å²) in [5.41, 5.74) is 5.45. The van der Waals surface area contributed by atoms with Crippen LogP contribution in [0.1, 0.15) is 20.3 Å². The van der Waals surface area contributed by atoms with Crippen molar-refractivity contribution >= 4 is 5.84 Å². The number of hydrogen-bond acceptors (Lipinski definition) is 5. The van der Waals surface area contributed by atoms with Crippen LogP contribution in [0.4, 0.5) is 0 Å². The normalized spacial score (nSPS) is 20.8. The molecule has 3 N–H and O–H groups in total. The minimum atomic E-state index is 0.231. The summed E-state index contributed by atoms with van der Waals surface area (Å²) in [6.45, 7) is 10.4. The molecule has 0 radical (unpaired) electrons. The predicted octanol–water partition coefficient (Wildman–Crippen LogP) is 0.370. The van der Waals surface area contributed by atoms with E-state index in [2.05, 4.69) is 23.6 Å². The quantitative estimate of drug-likeness (QED) is 0.473. The van der Waals surface area contributed by atoms with Crippen molar-refractivity contribution in [3.05, 3.63) is 0 Å². The summed E-state index contributed by atoms with van der Waals surface area (Å²) >= 11 is 0. The average Bonchev–Trinajstić information content (AvgIpc) is 2.42. The number of rotatable bonds is 9. The van der Waals surface area contributed by atoms with Crippen LogP contribution in [0.5, 0.6) is 0 Å². The first-order chi connectivity index (χ1) is 9.52. The summed E-state index contributed by atoms with van der Waals surface area (Å²) < 4.78 is 11.0. The van der Waals surface area contributed by atoms with Crippen molar-refractivity contribution in [3.8, 4) is 0 Å². The second kappa shape index (κ2) is 9.28. The molecule has 0 bridgehead atoms. The molecule has 1 saturated heterocycles. The van der Waals surface area contributed by atoms with Crippen LogP contribution in [0.2, 0.25) is 0 Å². The molecule has 1 heterocycles. The molecule has 0 aromatic heterocycles. The van der Waals surface area contributed by atoms with E-state index < -0.39 is 0 Å². The fourth-order valence-corrected chi connectivity index (χ4v) is 2.40. The van der Waals surface area contributed by atoms with E-state index in [-0.39, 0.29) is 11.9 Å². The molecule has 0 aromatic rings. The van der Waals surface area contributed by atoms with Gasteiger partial charge in [-0.15, -0.1) is 0 Å². The number of nitrogens with one attached hydrogen (secondary N) is 1. The molecule has 1 aliphatic heterocycles. The van der Waals surface area contributed by atoms with Crippen LogP contribution in [0.25, 0.3) is 0 Å². The summed E-state index contributed by atoms with van der Waals surface area (Å²) in [6.07, 6.45) is 0.833. The van der Waals surface area contributed by atoms with Crippen LogP contribution in [-0.2, 0) is 9.47 Å². The van der Waals surface area contributed by atoms with E-state index in [0.29, 0.717) is 19.1 Å². The van der Waals surface area contributed by atoms with Crippen molar-refractivity contribution in [2.75, 3.05) is 53.0 Å². The number of nitrogens with two attached hydrogens (primary N) is 1. The first kappa shape index (κ1) is 17.4. The third-order valence-electron chi connectivity index (χ3n) is 3.67. The fraction of sp³-hybridized carbons (Fsp3) is 0.929. The highest BCUT2D eigenvalue weighted by atomic mass is 16.5. The van der Waals surface area contributed by atoms with Crippen LogP contribution < -0.4 is 5.73 Å². The molecular formula is C14H30N4O2. The van der Waals surface area contributed by atoms with Crippen LogP contribution >= 0.6 is 0 Å². The molecule has 1 aliphatic rings. The van der Waals surface area contributed by atoms with E-state index in [1.165, 1.54) is 0 Å². The molecule has 1 atom stereocenters. The van der Waals surface area contributed by atoms with Crippen molar-refractivity contribution in [2.24, 2.45) is 5.73 Å². The van der Waals surface area contributed by atoms with E-state index in [0.717, 1.165) is 39.3 Å². The third-order valence-corrected chi connectivity index (χ3v) is 3.67. The molecule has 1 fully saturated rings. The first-order valence-corrected chi connectivity index (χ1v) is 7.42. The lowest BCUT2D eigenvalue weighted by molar-refractivity contribution is -0.0534. The Hall–Kier alpha value is -0.690. The summed E-state index contributed by atoms with van der Waals surface area (Å²) in [5.74, 6) is 0.237. The van der Waals surface area contributed by atoms with Crippen LogP contribution in [0.3, 0.4) is 0 Å². The van der Waals surface area contributed by atoms with Gasteiger partial charge in [0.2, 0.25) is 0 Å². The summed E-state index contributed by atoms with van der Waals surface area (Å²) in [5, 5.41) is 7.35. The van der Waals surface area contributed by atoms with Crippen molar-refractivity contribution in [3.63, 3.8) is 0 Å². The van der Waals surface area contributed by atoms with Gasteiger partial charge in [0.05, 0.1) is 25.2 Å². The Morgan fingerprint density at radius 1 is 1.50 bits per heavy atom. The number of methoxy groups -OCH3 is 1. The van der Waals surface area contributed by atoms with Crippen molar-refractivity contribution in [1.29, 1.82) is 5.41 Å². The Bertz CT molecular complexity index is 286. The van der Waals surface area contributed by atoms with Crippen LogP contribution in [0, 0.1) is 5.41 Å². The van der Waals surface area contributed by atoms with Crippen molar-refractivity contribution in [1.82, 2.24) is 9.80 Å². The van der Waals surface area contributed by atoms with E-state index in [1.54, 1.807) is 7.11 Å². The van der Waals surface area contributed by atoms with Crippen molar-refractivity contribution < 1.29 is 9.47 Å². The Morgan fingerprint density at radius 2 is 2.25 bits per heavy atom. The molecule has 6 heteroatoms. The standard InChI is InChI=1S/C14H30N4O2/c1-12(2)18-7-9-20-13(11-18)10-17(6-8-19-3)5-4-14(15)16/h12-13H,4-11H2,1-3H3,(H3,15,16). The molecule has 1 unspecified atom stereocenters. The van der Waals surface area contributed by atoms with Gasteiger partial charge < -0.3 is 15.2 Å². The van der Waals surface area contributed by atoms with Gasteiger partial charge in [0.1, 0.15) is 0 Å². The highest BCUT2D eigenvalue weighted by Crippen LogP contribution is 2.10. The zero-order chi connectivity index (χ0) is 15.0. The van der Waals surface area contributed by atoms with E-state index in [9.17, 15) is 0 Å². The van der Waals surface area contributed by atoms with E-state index >= 15 is 0 Å². The number of morpholine rings is 1. The minimum Gasteiger partial charge on any atom is -0.388 e. The molecule has 6 nitrogen and oxygen atoms in total. The molecule has 118 valence electrons. The van der Waals surface area contributed by atoms with Gasteiger partial charge in [-0.2, -0.15) is 0 Å². The van der Waals surface area contributed by atoms with Gasteiger partial charge in [0.25, 0.3) is 0 Å². The van der Waals surface area contributed by atoms with Crippen LogP contribution in [0.15, 0.2) is 0 Å². The maximum absolute atomic E-state index is 7.35. The third kappa shape index (κ3) is 6.65. The molecule has 0 aromatic carbocycles. The highest BCUT2D eigenvalue weighted by molar-refractivity contribution is 5.76. The molecule has 0 aliphatic carbocycles. The summed E-state index contributed by atoms with van der Waals surface area (Å²) in [7, 11) is 1.71. The number of hydrogen-bond donors (Lipinski definition) is 2. The van der Waals surface area contributed by atoms with E-state index in [1.807, 2.05) is 0 Å². The molecule has 0 amide bonds. The van der Waals surface area contributed by atoms with E-state index in [4.69, 9.17) is 20.6 Å². The minimum absolute atomic E-state index is 0.231. The average molecular weight is 286 g/mol. The Kier molecular flexibility index (Phi) is 8.06. The number of ether oxygens (including phenoxy) is 2. The van der Waals surface area contributed by atoms with Gasteiger partial charge in [0.15, 0.2) is 0 Å². The van der Waals surface area contributed by atoms with Gasteiger partial charge in [-0.05, 0) is 13.8 Å². The second-order valence-corrected chi connectivity index (χ2v) is 5.65. The number of nitrogens with zero attached hydrogens (tertiary/aromatic N) is 2. The summed E-state index contributed by atoms with van der Waals surface area (Å²) in [4.78, 5) is 4.73. The molecule has 0 saturated carbocycles. The monoisotopic (exact) mass is 286 g/mol. The van der Waals surface area contributed by atoms with Crippen molar-refractivity contribution in [2.45, 2.75) is 32.4 Å². The largest absolute Gasteiger partial charge is 0.388 e. The molecular weight excluding hydrogens is 256 g/mol. The topological polar surface area (TPSA) is 74.8 Å². The van der Waals surface area contributed by atoms with Gasteiger partial charge in [-0.1, -0.05) is 0 Å². The SMILES string of the molecule is COCCN(CCC(=N)N)CC1CN(C(C)C)CCO1. The zero-order valence-corrected chi connectivity index (χ0v) is 13.1. The fourth-order valence-electron chi connectivity index (χ4n) is 2.40. The molecule has 0 spiro atoms. The molecule has 20 heavy (non-hydrogen) atoms. The maximum atomic E-state index is 7.35. The first-order valence-electron chi connectivity index (χ1n) is 7.42. The van der Waals surface area contributed by atoms with Gasteiger partial charge in [-0.25, -0.2) is 0 Å². The van der Waals surface area contributed by atoms with Gasteiger partial charge in [0, 0.05) is 52.3 Å². The highest BCUT2D eigenvalue weighted by Gasteiger charge is 2.24. The maximum Gasteiger partial charge on any atom is 0.0918 e. The summed E-state index contributed by atoms with van der Waals surface area (Å²) in [6, 6.07) is 0.561. The van der Waals surface area contributed by atoms with Gasteiger partial charge >= 0.3 is 0 Å². The number of amidine groups is 1. The predicted molar refractivity (Wildman–Crippen MR) is 81.3 cm³/mol. The lowest BCUT2D eigenvalue weighted by atomic mass is 10.2. The molecule has 1 rings (SSSR count). The second-order valence-electron chi connectivity index (χ2n) is 5.65. The Morgan fingerprint density at radius 3 is 2.85 bits per heavy atom. The lowest BCUT2D eigenvalue weighted by Crippen LogP contribution is -2.50. The van der Waals surface area contributed by atoms with Gasteiger partial charge in [-0.3, -0.25) is 15.2 Å². The van der Waals surface area contributed by atoms with Crippen LogP contribution in [-0.4, -0.2) is 80.8 Å². The smallest absolute Gasteiger partial charge is 0.0918 e. The zero-order valence-electron chi connectivity index (χ0n) is 13.1.